The average Bonchev–Trinajstić information content (AvgIpc) is 2.83. The summed E-state index contributed by atoms with van der Waals surface area (Å²) in [7, 11) is 4.41. The quantitative estimate of drug-likeness (QED) is 0.228. The molecule has 0 aliphatic carbocycles. The third-order valence-electron chi connectivity index (χ3n) is 4.46. The predicted molar refractivity (Wildman–Crippen MR) is 124 cm³/mol. The van der Waals surface area contributed by atoms with Crippen molar-refractivity contribution in [2.24, 2.45) is 5.10 Å². The number of nitrogens with zero attached hydrogens (tertiary/aromatic N) is 1. The molecule has 0 unspecified atom stereocenters. The fourth-order valence-corrected chi connectivity index (χ4v) is 3.04. The topological polar surface area (TPSA) is 95.5 Å². The molecule has 3 rings (SSSR count). The van der Waals surface area contributed by atoms with Crippen molar-refractivity contribution in [3.05, 3.63) is 82.4 Å². The van der Waals surface area contributed by atoms with Crippen LogP contribution in [0.4, 0.5) is 0 Å². The van der Waals surface area contributed by atoms with Gasteiger partial charge in [-0.05, 0) is 60.2 Å². The lowest BCUT2D eigenvalue weighted by atomic mass is 10.1. The number of methoxy groups -OCH3 is 3. The molecule has 9 heteroatoms. The zero-order chi connectivity index (χ0) is 23.8. The summed E-state index contributed by atoms with van der Waals surface area (Å²) in [5.41, 5.74) is 3.76. The normalized spacial score (nSPS) is 10.5. The highest BCUT2D eigenvalue weighted by Crippen LogP contribution is 2.38. The molecule has 0 aliphatic heterocycles. The van der Waals surface area contributed by atoms with E-state index < -0.39 is 11.9 Å². The minimum absolute atomic E-state index is 0.282. The van der Waals surface area contributed by atoms with Crippen molar-refractivity contribution in [3.63, 3.8) is 0 Å². The first-order valence-corrected chi connectivity index (χ1v) is 10.0. The van der Waals surface area contributed by atoms with Crippen molar-refractivity contribution in [3.8, 4) is 23.0 Å². The van der Waals surface area contributed by atoms with Gasteiger partial charge in [-0.25, -0.2) is 10.2 Å². The molecule has 170 valence electrons. The van der Waals surface area contributed by atoms with Gasteiger partial charge in [-0.15, -0.1) is 0 Å². The van der Waals surface area contributed by atoms with Gasteiger partial charge in [0.2, 0.25) is 5.75 Å². The number of hydrazone groups is 1. The number of halogens is 1. The maximum Gasteiger partial charge on any atom is 0.343 e. The number of hydrogen-bond acceptors (Lipinski definition) is 7. The third-order valence-corrected chi connectivity index (χ3v) is 4.69. The van der Waals surface area contributed by atoms with Crippen LogP contribution >= 0.6 is 11.6 Å². The molecular weight excluding hydrogens is 448 g/mol. The molecular formula is C24H21ClN2O6. The Kier molecular flexibility index (Phi) is 7.88. The monoisotopic (exact) mass is 468 g/mol. The summed E-state index contributed by atoms with van der Waals surface area (Å²) in [6.07, 6.45) is 1.46. The standard InChI is InChI=1S/C24H21ClN2O6/c1-30-20-12-17(13-21(31-2)22(20)32-3)23(28)27-26-14-15-7-9-19(10-8-15)33-24(29)16-5-4-6-18(25)11-16/h4-14H,1-3H3,(H,27,28)/b26-14+. The van der Waals surface area contributed by atoms with Gasteiger partial charge in [-0.2, -0.15) is 5.10 Å². The van der Waals surface area contributed by atoms with Gasteiger partial charge in [0.05, 0.1) is 33.1 Å². The van der Waals surface area contributed by atoms with Gasteiger partial charge in [-0.1, -0.05) is 17.7 Å². The Morgan fingerprint density at radius 1 is 0.879 bits per heavy atom. The van der Waals surface area contributed by atoms with Gasteiger partial charge in [0.15, 0.2) is 11.5 Å². The van der Waals surface area contributed by atoms with Crippen molar-refractivity contribution >= 4 is 29.7 Å². The van der Waals surface area contributed by atoms with Crippen LogP contribution in [0, 0.1) is 0 Å². The Morgan fingerprint density at radius 3 is 2.12 bits per heavy atom. The number of hydrogen-bond donors (Lipinski definition) is 1. The van der Waals surface area contributed by atoms with Gasteiger partial charge in [-0.3, -0.25) is 4.79 Å². The Balaban J connectivity index is 1.62. The van der Waals surface area contributed by atoms with E-state index in [-0.39, 0.29) is 5.56 Å². The molecule has 0 radical (unpaired) electrons. The summed E-state index contributed by atoms with van der Waals surface area (Å²) < 4.78 is 21.1. The van der Waals surface area contributed by atoms with Crippen LogP contribution in [0.1, 0.15) is 26.3 Å². The molecule has 0 saturated carbocycles. The van der Waals surface area contributed by atoms with E-state index in [1.54, 1.807) is 42.5 Å². The van der Waals surface area contributed by atoms with E-state index in [0.29, 0.717) is 39.1 Å². The minimum Gasteiger partial charge on any atom is -0.493 e. The highest BCUT2D eigenvalue weighted by Gasteiger charge is 2.16. The van der Waals surface area contributed by atoms with Gasteiger partial charge in [0.1, 0.15) is 5.75 Å². The lowest BCUT2D eigenvalue weighted by molar-refractivity contribution is 0.0734. The molecule has 0 aromatic heterocycles. The van der Waals surface area contributed by atoms with Crippen molar-refractivity contribution < 1.29 is 28.5 Å². The molecule has 0 aliphatic rings. The second kappa shape index (κ2) is 11.0. The van der Waals surface area contributed by atoms with Gasteiger partial charge < -0.3 is 18.9 Å². The zero-order valence-corrected chi connectivity index (χ0v) is 18.9. The van der Waals surface area contributed by atoms with E-state index in [0.717, 1.165) is 0 Å². The summed E-state index contributed by atoms with van der Waals surface area (Å²) in [6, 6.07) is 16.1. The molecule has 8 nitrogen and oxygen atoms in total. The smallest absolute Gasteiger partial charge is 0.343 e. The molecule has 0 heterocycles. The Hall–Kier alpha value is -4.04. The number of amides is 1. The molecule has 0 saturated heterocycles. The number of benzene rings is 3. The highest BCUT2D eigenvalue weighted by molar-refractivity contribution is 6.30. The fraction of sp³-hybridized carbons (Fsp3) is 0.125. The minimum atomic E-state index is -0.517. The highest BCUT2D eigenvalue weighted by atomic mass is 35.5. The van der Waals surface area contributed by atoms with E-state index in [9.17, 15) is 9.59 Å². The number of nitrogens with one attached hydrogen (secondary N) is 1. The van der Waals surface area contributed by atoms with Crippen LogP contribution in [0.25, 0.3) is 0 Å². The van der Waals surface area contributed by atoms with E-state index in [1.807, 2.05) is 0 Å². The molecule has 0 atom stereocenters. The molecule has 0 bridgehead atoms. The first kappa shape index (κ1) is 23.6. The summed E-state index contributed by atoms with van der Waals surface area (Å²) in [4.78, 5) is 24.6. The molecule has 0 spiro atoms. The number of carbonyl (C=O) groups excluding carboxylic acids is 2. The van der Waals surface area contributed by atoms with Crippen LogP contribution in [-0.4, -0.2) is 39.4 Å². The number of ether oxygens (including phenoxy) is 4. The average molecular weight is 469 g/mol. The number of carbonyl (C=O) groups is 2. The molecule has 1 N–H and O–H groups in total. The van der Waals surface area contributed by atoms with Crippen molar-refractivity contribution in [1.29, 1.82) is 0 Å². The van der Waals surface area contributed by atoms with Crippen LogP contribution in [0.3, 0.4) is 0 Å². The summed E-state index contributed by atoms with van der Waals surface area (Å²) >= 11 is 5.90. The molecule has 33 heavy (non-hydrogen) atoms. The Bertz CT molecular complexity index is 1150. The second-order valence-corrected chi connectivity index (χ2v) is 7.02. The van der Waals surface area contributed by atoms with Crippen LogP contribution in [-0.2, 0) is 0 Å². The molecule has 1 amide bonds. The van der Waals surface area contributed by atoms with E-state index >= 15 is 0 Å². The number of esters is 1. The fourth-order valence-electron chi connectivity index (χ4n) is 2.85. The summed E-state index contributed by atoms with van der Waals surface area (Å²) in [5, 5.41) is 4.41. The van der Waals surface area contributed by atoms with E-state index in [1.165, 1.54) is 45.7 Å². The van der Waals surface area contributed by atoms with Gasteiger partial charge in [0.25, 0.3) is 5.91 Å². The maximum atomic E-state index is 12.5. The van der Waals surface area contributed by atoms with E-state index in [4.69, 9.17) is 30.5 Å². The van der Waals surface area contributed by atoms with Crippen LogP contribution in [0.15, 0.2) is 65.8 Å². The largest absolute Gasteiger partial charge is 0.493 e. The maximum absolute atomic E-state index is 12.5. The second-order valence-electron chi connectivity index (χ2n) is 6.58. The zero-order valence-electron chi connectivity index (χ0n) is 18.1. The first-order chi connectivity index (χ1) is 15.9. The van der Waals surface area contributed by atoms with Gasteiger partial charge >= 0.3 is 5.97 Å². The lowest BCUT2D eigenvalue weighted by Crippen LogP contribution is -2.18. The predicted octanol–water partition coefficient (Wildman–Crippen LogP) is 4.35. The molecule has 0 fully saturated rings. The third kappa shape index (κ3) is 6.02. The SMILES string of the molecule is COc1cc(C(=O)N/N=C/c2ccc(OC(=O)c3cccc(Cl)c3)cc2)cc(OC)c1OC. The number of rotatable bonds is 8. The van der Waals surface area contributed by atoms with Crippen LogP contribution < -0.4 is 24.4 Å². The molecule has 3 aromatic rings. The van der Waals surface area contributed by atoms with Crippen molar-refractivity contribution in [1.82, 2.24) is 5.43 Å². The van der Waals surface area contributed by atoms with Gasteiger partial charge in [0, 0.05) is 10.6 Å². The van der Waals surface area contributed by atoms with Crippen molar-refractivity contribution in [2.75, 3.05) is 21.3 Å². The van der Waals surface area contributed by atoms with Crippen LogP contribution in [0.2, 0.25) is 5.02 Å². The first-order valence-electron chi connectivity index (χ1n) is 9.66. The summed E-state index contributed by atoms with van der Waals surface area (Å²) in [5.74, 6) is 0.478. The lowest BCUT2D eigenvalue weighted by Gasteiger charge is -2.13. The Morgan fingerprint density at radius 2 is 1.55 bits per heavy atom. The Labute approximate surface area is 195 Å². The summed E-state index contributed by atoms with van der Waals surface area (Å²) in [6.45, 7) is 0. The van der Waals surface area contributed by atoms with Crippen molar-refractivity contribution in [2.45, 2.75) is 0 Å². The van der Waals surface area contributed by atoms with E-state index in [2.05, 4.69) is 10.5 Å². The van der Waals surface area contributed by atoms with Crippen LogP contribution in [0.5, 0.6) is 23.0 Å². The molecule has 3 aromatic carbocycles.